The number of nitrogens with one attached hydrogen (secondary N) is 3. The molecule has 20 heavy (non-hydrogen) atoms. The van der Waals surface area contributed by atoms with Gasteiger partial charge < -0.3 is 21.4 Å². The van der Waals surface area contributed by atoms with Gasteiger partial charge >= 0.3 is 4.87 Å². The van der Waals surface area contributed by atoms with Crippen LogP contribution in [0.3, 0.4) is 0 Å². The fourth-order valence-corrected chi connectivity index (χ4v) is 2.99. The molecule has 0 aliphatic heterocycles. The minimum Gasteiger partial charge on any atom is -0.382 e. The van der Waals surface area contributed by atoms with E-state index in [2.05, 4.69) is 20.0 Å². The van der Waals surface area contributed by atoms with Crippen molar-refractivity contribution in [3.05, 3.63) is 26.3 Å². The predicted molar refractivity (Wildman–Crippen MR) is 79.3 cm³/mol. The highest BCUT2D eigenvalue weighted by Gasteiger charge is 2.27. The second kappa shape index (κ2) is 5.25. The second-order valence-corrected chi connectivity index (χ2v) is 6.16. The average Bonchev–Trinajstić information content (AvgIpc) is 2.99. The smallest absolute Gasteiger partial charge is 0.304 e. The largest absolute Gasteiger partial charge is 0.382 e. The third-order valence-electron chi connectivity index (χ3n) is 2.87. The van der Waals surface area contributed by atoms with E-state index in [0.717, 1.165) is 41.4 Å². The highest BCUT2D eigenvalue weighted by atomic mass is 32.1. The summed E-state index contributed by atoms with van der Waals surface area (Å²) in [5.74, 6) is 0.0366. The summed E-state index contributed by atoms with van der Waals surface area (Å²) >= 11 is 2.25. The maximum atomic E-state index is 12.1. The first-order valence-electron chi connectivity index (χ1n) is 6.10. The van der Waals surface area contributed by atoms with Crippen LogP contribution in [0.1, 0.15) is 28.9 Å². The van der Waals surface area contributed by atoms with Crippen LogP contribution in [0.15, 0.2) is 10.2 Å². The first kappa shape index (κ1) is 13.1. The second-order valence-electron chi connectivity index (χ2n) is 4.55. The minimum atomic E-state index is -0.194. The summed E-state index contributed by atoms with van der Waals surface area (Å²) < 4.78 is 4.01. The standard InChI is InChI=1S/C11H13N5O2S2/c12-8-7(9(17)14-5-1-2-5)10(20-16-8)13-3-6-4-19-11(18)15-6/h4-5,13H,1-3H2,(H2,12,16)(H,14,17)(H,15,18). The van der Waals surface area contributed by atoms with Gasteiger partial charge in [0.15, 0.2) is 5.82 Å². The summed E-state index contributed by atoms with van der Waals surface area (Å²) in [5, 5.41) is 8.34. The Morgan fingerprint density at radius 2 is 2.35 bits per heavy atom. The molecule has 9 heteroatoms. The highest BCUT2D eigenvalue weighted by Crippen LogP contribution is 2.28. The lowest BCUT2D eigenvalue weighted by Crippen LogP contribution is -2.26. The molecular formula is C11H13N5O2S2. The first-order valence-corrected chi connectivity index (χ1v) is 7.75. The van der Waals surface area contributed by atoms with E-state index in [1.807, 2.05) is 0 Å². The number of rotatable bonds is 5. The molecule has 0 atom stereocenters. The Morgan fingerprint density at radius 1 is 1.55 bits per heavy atom. The molecule has 2 aromatic rings. The molecule has 7 nitrogen and oxygen atoms in total. The van der Waals surface area contributed by atoms with Gasteiger partial charge in [0.05, 0.1) is 6.54 Å². The van der Waals surface area contributed by atoms with Gasteiger partial charge in [-0.3, -0.25) is 9.59 Å². The summed E-state index contributed by atoms with van der Waals surface area (Å²) in [6.45, 7) is 0.421. The number of carbonyl (C=O) groups excluding carboxylic acids is 1. The fourth-order valence-electron chi connectivity index (χ4n) is 1.70. The Morgan fingerprint density at radius 3 is 3.00 bits per heavy atom. The van der Waals surface area contributed by atoms with Crippen LogP contribution < -0.4 is 21.2 Å². The van der Waals surface area contributed by atoms with Crippen LogP contribution >= 0.6 is 22.9 Å². The molecule has 0 aromatic carbocycles. The molecule has 0 unspecified atom stereocenters. The molecule has 1 fully saturated rings. The molecule has 3 rings (SSSR count). The van der Waals surface area contributed by atoms with E-state index in [-0.39, 0.29) is 22.6 Å². The van der Waals surface area contributed by atoms with Gasteiger partial charge in [-0.2, -0.15) is 4.37 Å². The number of hydrogen-bond acceptors (Lipinski definition) is 7. The molecule has 0 spiro atoms. The zero-order valence-corrected chi connectivity index (χ0v) is 12.1. The van der Waals surface area contributed by atoms with Crippen molar-refractivity contribution in [1.82, 2.24) is 14.7 Å². The number of carbonyl (C=O) groups is 1. The maximum absolute atomic E-state index is 12.1. The van der Waals surface area contributed by atoms with E-state index in [9.17, 15) is 9.59 Å². The van der Waals surface area contributed by atoms with Gasteiger partial charge in [0.25, 0.3) is 5.91 Å². The minimum absolute atomic E-state index is 0.0997. The van der Waals surface area contributed by atoms with E-state index in [1.54, 1.807) is 5.38 Å². The molecule has 1 amide bonds. The van der Waals surface area contributed by atoms with E-state index in [1.165, 1.54) is 0 Å². The van der Waals surface area contributed by atoms with E-state index in [4.69, 9.17) is 5.73 Å². The van der Waals surface area contributed by atoms with Gasteiger partial charge in [0.2, 0.25) is 0 Å². The summed E-state index contributed by atoms with van der Waals surface area (Å²) in [4.78, 5) is 25.7. The van der Waals surface area contributed by atoms with Crippen molar-refractivity contribution < 1.29 is 4.79 Å². The topological polar surface area (TPSA) is 113 Å². The predicted octanol–water partition coefficient (Wildman–Crippen LogP) is 0.979. The number of amides is 1. The first-order chi connectivity index (χ1) is 9.63. The molecule has 0 radical (unpaired) electrons. The molecular weight excluding hydrogens is 298 g/mol. The molecule has 1 aliphatic carbocycles. The van der Waals surface area contributed by atoms with Crippen LogP contribution in [0.2, 0.25) is 0 Å². The number of aromatic nitrogens is 2. The number of aromatic amines is 1. The molecule has 0 bridgehead atoms. The Kier molecular flexibility index (Phi) is 3.45. The zero-order chi connectivity index (χ0) is 14.1. The lowest BCUT2D eigenvalue weighted by Gasteiger charge is -2.06. The number of nitrogen functional groups attached to an aromatic ring is 1. The van der Waals surface area contributed by atoms with Crippen molar-refractivity contribution in [1.29, 1.82) is 0 Å². The Labute approximate surface area is 122 Å². The Balaban J connectivity index is 1.72. The summed E-state index contributed by atoms with van der Waals surface area (Å²) in [6, 6.07) is 0.267. The molecule has 2 aromatic heterocycles. The summed E-state index contributed by atoms with van der Waals surface area (Å²) in [7, 11) is 0. The van der Waals surface area contributed by atoms with E-state index < -0.39 is 0 Å². The van der Waals surface area contributed by atoms with Crippen molar-refractivity contribution in [2.24, 2.45) is 0 Å². The van der Waals surface area contributed by atoms with Gasteiger partial charge in [-0.05, 0) is 24.4 Å². The average molecular weight is 311 g/mol. The van der Waals surface area contributed by atoms with Crippen molar-refractivity contribution in [3.63, 3.8) is 0 Å². The zero-order valence-electron chi connectivity index (χ0n) is 10.4. The Hall–Kier alpha value is -1.87. The van der Waals surface area contributed by atoms with Crippen molar-refractivity contribution in [2.75, 3.05) is 11.1 Å². The molecule has 0 saturated heterocycles. The maximum Gasteiger partial charge on any atom is 0.304 e. The third-order valence-corrected chi connectivity index (χ3v) is 4.41. The Bertz CT molecular complexity index is 685. The van der Waals surface area contributed by atoms with Crippen LogP contribution in [0.4, 0.5) is 10.8 Å². The van der Waals surface area contributed by atoms with Crippen LogP contribution in [-0.2, 0) is 6.54 Å². The van der Waals surface area contributed by atoms with Gasteiger partial charge in [-0.15, -0.1) is 0 Å². The number of hydrogen-bond donors (Lipinski definition) is 4. The number of thiazole rings is 1. The lowest BCUT2D eigenvalue weighted by atomic mass is 10.3. The van der Waals surface area contributed by atoms with Gasteiger partial charge in [0.1, 0.15) is 10.6 Å². The quantitative estimate of drug-likeness (QED) is 0.657. The van der Waals surface area contributed by atoms with Crippen LogP contribution in [0, 0.1) is 0 Å². The van der Waals surface area contributed by atoms with E-state index >= 15 is 0 Å². The number of nitrogens with zero attached hydrogens (tertiary/aromatic N) is 1. The molecule has 1 aliphatic rings. The van der Waals surface area contributed by atoms with Gasteiger partial charge in [-0.25, -0.2) is 0 Å². The van der Waals surface area contributed by atoms with Crippen LogP contribution in [0.25, 0.3) is 0 Å². The van der Waals surface area contributed by atoms with E-state index in [0.29, 0.717) is 17.1 Å². The van der Waals surface area contributed by atoms with Gasteiger partial charge in [-0.1, -0.05) is 11.3 Å². The number of nitrogens with two attached hydrogens (primary N) is 1. The lowest BCUT2D eigenvalue weighted by molar-refractivity contribution is 0.0953. The van der Waals surface area contributed by atoms with Crippen molar-refractivity contribution in [3.8, 4) is 0 Å². The monoisotopic (exact) mass is 311 g/mol. The van der Waals surface area contributed by atoms with Crippen LogP contribution in [0.5, 0.6) is 0 Å². The number of anilines is 2. The molecule has 106 valence electrons. The number of H-pyrrole nitrogens is 1. The normalized spacial score (nSPS) is 14.2. The third kappa shape index (κ3) is 2.83. The van der Waals surface area contributed by atoms with Crippen molar-refractivity contribution in [2.45, 2.75) is 25.4 Å². The molecule has 2 heterocycles. The molecule has 5 N–H and O–H groups in total. The highest BCUT2D eigenvalue weighted by molar-refractivity contribution is 7.11. The summed E-state index contributed by atoms with van der Waals surface area (Å²) in [5.41, 5.74) is 6.91. The van der Waals surface area contributed by atoms with Crippen molar-refractivity contribution >= 4 is 39.6 Å². The summed E-state index contributed by atoms with van der Waals surface area (Å²) in [6.07, 6.45) is 2.03. The fraction of sp³-hybridized carbons (Fsp3) is 0.364. The van der Waals surface area contributed by atoms with Gasteiger partial charge in [0, 0.05) is 17.1 Å². The SMILES string of the molecule is Nc1nsc(NCc2csc(=O)[nH]2)c1C(=O)NC1CC1. The van der Waals surface area contributed by atoms with Crippen LogP contribution in [-0.4, -0.2) is 21.3 Å². The molecule has 1 saturated carbocycles.